The van der Waals surface area contributed by atoms with Crippen LogP contribution in [0.3, 0.4) is 0 Å². The highest BCUT2D eigenvalue weighted by molar-refractivity contribution is 7.14. The summed E-state index contributed by atoms with van der Waals surface area (Å²) in [7, 11) is 0. The molecule has 0 spiro atoms. The average molecular weight is 315 g/mol. The van der Waals surface area contributed by atoms with Gasteiger partial charge in [0.2, 0.25) is 0 Å². The Morgan fingerprint density at radius 2 is 1.95 bits per heavy atom. The largest absolute Gasteiger partial charge is 0.279 e. The monoisotopic (exact) mass is 315 g/mol. The lowest BCUT2D eigenvalue weighted by Crippen LogP contribution is -2.41. The van der Waals surface area contributed by atoms with Crippen LogP contribution in [0.4, 0.5) is 0 Å². The van der Waals surface area contributed by atoms with Gasteiger partial charge in [-0.1, -0.05) is 6.92 Å². The van der Waals surface area contributed by atoms with E-state index in [1.807, 2.05) is 6.07 Å². The van der Waals surface area contributed by atoms with Gasteiger partial charge in [0.15, 0.2) is 0 Å². The second kappa shape index (κ2) is 6.27. The Bertz CT molecular complexity index is 697. The topological polar surface area (TPSA) is 71.1 Å². The molecule has 22 heavy (non-hydrogen) atoms. The highest BCUT2D eigenvalue weighted by atomic mass is 32.1. The molecule has 2 aromatic rings. The molecule has 3 rings (SSSR count). The average Bonchev–Trinajstić information content (AvgIpc) is 2.96. The van der Waals surface area contributed by atoms with Gasteiger partial charge in [0.05, 0.1) is 4.88 Å². The minimum absolute atomic E-state index is 0.269. The molecule has 114 valence electrons. The Hall–Kier alpha value is -2.21. The first kappa shape index (κ1) is 14.7. The van der Waals surface area contributed by atoms with Crippen molar-refractivity contribution in [2.24, 2.45) is 5.92 Å². The van der Waals surface area contributed by atoms with Crippen LogP contribution in [-0.2, 0) is 12.8 Å². The number of carbonyl (C=O) groups is 2. The zero-order valence-electron chi connectivity index (χ0n) is 12.3. The van der Waals surface area contributed by atoms with E-state index in [9.17, 15) is 9.59 Å². The van der Waals surface area contributed by atoms with Crippen molar-refractivity contribution in [1.82, 2.24) is 15.8 Å². The second-order valence-corrected chi connectivity index (χ2v) is 6.69. The molecule has 2 heterocycles. The number of pyridine rings is 1. The molecule has 0 saturated carbocycles. The first-order valence-corrected chi connectivity index (χ1v) is 8.07. The van der Waals surface area contributed by atoms with Crippen molar-refractivity contribution < 1.29 is 9.59 Å². The molecule has 0 saturated heterocycles. The van der Waals surface area contributed by atoms with Gasteiger partial charge >= 0.3 is 0 Å². The SMILES string of the molecule is C[C@@H]1CCc2sc(C(=O)NNC(=O)c3ccncc3)cc2C1. The predicted octanol–water partition coefficient (Wildman–Crippen LogP) is 2.34. The molecule has 0 aliphatic heterocycles. The molecule has 2 amide bonds. The molecule has 0 fully saturated rings. The maximum absolute atomic E-state index is 12.2. The van der Waals surface area contributed by atoms with Crippen LogP contribution in [0.1, 0.15) is 43.8 Å². The summed E-state index contributed by atoms with van der Waals surface area (Å²) in [4.78, 5) is 29.8. The van der Waals surface area contributed by atoms with Gasteiger partial charge in [-0.25, -0.2) is 0 Å². The zero-order chi connectivity index (χ0) is 15.5. The van der Waals surface area contributed by atoms with Crippen LogP contribution in [-0.4, -0.2) is 16.8 Å². The molecule has 6 heteroatoms. The minimum Gasteiger partial charge on any atom is -0.267 e. The van der Waals surface area contributed by atoms with Gasteiger partial charge in [-0.3, -0.25) is 25.4 Å². The Kier molecular flexibility index (Phi) is 4.20. The van der Waals surface area contributed by atoms with E-state index in [2.05, 4.69) is 22.8 Å². The zero-order valence-corrected chi connectivity index (χ0v) is 13.1. The highest BCUT2D eigenvalue weighted by Gasteiger charge is 2.20. The van der Waals surface area contributed by atoms with E-state index in [0.717, 1.165) is 12.8 Å². The molecule has 1 aliphatic carbocycles. The molecule has 0 radical (unpaired) electrons. The molecule has 2 aromatic heterocycles. The van der Waals surface area contributed by atoms with Gasteiger partial charge in [-0.15, -0.1) is 11.3 Å². The summed E-state index contributed by atoms with van der Waals surface area (Å²) in [5.41, 5.74) is 6.62. The van der Waals surface area contributed by atoms with Gasteiger partial charge in [0, 0.05) is 22.8 Å². The smallest absolute Gasteiger partial charge is 0.267 e. The van der Waals surface area contributed by atoms with Crippen LogP contribution >= 0.6 is 11.3 Å². The predicted molar refractivity (Wildman–Crippen MR) is 84.7 cm³/mol. The summed E-state index contributed by atoms with van der Waals surface area (Å²) >= 11 is 1.52. The summed E-state index contributed by atoms with van der Waals surface area (Å²) in [6, 6.07) is 5.13. The summed E-state index contributed by atoms with van der Waals surface area (Å²) < 4.78 is 0. The molecule has 0 unspecified atom stereocenters. The number of rotatable bonds is 2. The summed E-state index contributed by atoms with van der Waals surface area (Å²) in [5, 5.41) is 0. The summed E-state index contributed by atoms with van der Waals surface area (Å²) in [6.45, 7) is 2.23. The van der Waals surface area contributed by atoms with Gasteiger partial charge < -0.3 is 0 Å². The number of hydrogen-bond acceptors (Lipinski definition) is 4. The lowest BCUT2D eigenvalue weighted by molar-refractivity contribution is 0.0849. The van der Waals surface area contributed by atoms with Crippen LogP contribution in [0.2, 0.25) is 0 Å². The molecule has 5 nitrogen and oxygen atoms in total. The van der Waals surface area contributed by atoms with Gasteiger partial charge in [-0.2, -0.15) is 0 Å². The lowest BCUT2D eigenvalue weighted by atomic mass is 9.90. The van der Waals surface area contributed by atoms with Crippen molar-refractivity contribution in [3.8, 4) is 0 Å². The maximum atomic E-state index is 12.2. The highest BCUT2D eigenvalue weighted by Crippen LogP contribution is 2.32. The number of amides is 2. The third-order valence-electron chi connectivity index (χ3n) is 3.79. The Morgan fingerprint density at radius 1 is 1.23 bits per heavy atom. The molecule has 1 aliphatic rings. The Balaban J connectivity index is 1.62. The van der Waals surface area contributed by atoms with Crippen molar-refractivity contribution in [3.05, 3.63) is 51.5 Å². The van der Waals surface area contributed by atoms with Crippen LogP contribution in [0.5, 0.6) is 0 Å². The number of aromatic nitrogens is 1. The number of hydrogen-bond donors (Lipinski definition) is 2. The van der Waals surface area contributed by atoms with E-state index < -0.39 is 0 Å². The van der Waals surface area contributed by atoms with E-state index in [4.69, 9.17) is 0 Å². The molecule has 2 N–H and O–H groups in total. The summed E-state index contributed by atoms with van der Waals surface area (Å²) in [6.07, 6.45) is 6.31. The fraction of sp³-hybridized carbons (Fsp3) is 0.312. The first-order chi connectivity index (χ1) is 10.6. The fourth-order valence-corrected chi connectivity index (χ4v) is 3.67. The lowest BCUT2D eigenvalue weighted by Gasteiger charge is -2.16. The van der Waals surface area contributed by atoms with E-state index >= 15 is 0 Å². The van der Waals surface area contributed by atoms with E-state index in [1.54, 1.807) is 12.1 Å². The fourth-order valence-electron chi connectivity index (χ4n) is 2.57. The number of nitrogens with zero attached hydrogens (tertiary/aromatic N) is 1. The summed E-state index contributed by atoms with van der Waals surface area (Å²) in [5.74, 6) is 0.0459. The maximum Gasteiger partial charge on any atom is 0.279 e. The normalized spacial score (nSPS) is 16.7. The molecule has 1 atom stereocenters. The number of carbonyl (C=O) groups excluding carboxylic acids is 2. The van der Waals surface area contributed by atoms with Gasteiger partial charge in [0.25, 0.3) is 11.8 Å². The second-order valence-electron chi connectivity index (χ2n) is 5.55. The molecular formula is C16H17N3O2S. The molecule has 0 bridgehead atoms. The van der Waals surface area contributed by atoms with Gasteiger partial charge in [0.1, 0.15) is 0 Å². The number of hydrazine groups is 1. The molecule has 0 aromatic carbocycles. The van der Waals surface area contributed by atoms with Gasteiger partial charge in [-0.05, 0) is 48.9 Å². The van der Waals surface area contributed by atoms with Crippen molar-refractivity contribution in [2.75, 3.05) is 0 Å². The Morgan fingerprint density at radius 3 is 2.73 bits per heavy atom. The van der Waals surface area contributed by atoms with Crippen molar-refractivity contribution in [2.45, 2.75) is 26.2 Å². The van der Waals surface area contributed by atoms with Crippen LogP contribution in [0, 0.1) is 5.92 Å². The number of aryl methyl sites for hydroxylation is 1. The minimum atomic E-state index is -0.356. The van der Waals surface area contributed by atoms with E-state index in [0.29, 0.717) is 16.4 Å². The van der Waals surface area contributed by atoms with E-state index in [-0.39, 0.29) is 11.8 Å². The third kappa shape index (κ3) is 3.17. The van der Waals surface area contributed by atoms with Crippen LogP contribution in [0.25, 0.3) is 0 Å². The van der Waals surface area contributed by atoms with Crippen molar-refractivity contribution in [1.29, 1.82) is 0 Å². The number of thiophene rings is 1. The van der Waals surface area contributed by atoms with Crippen molar-refractivity contribution >= 4 is 23.2 Å². The van der Waals surface area contributed by atoms with Crippen LogP contribution in [0.15, 0.2) is 30.6 Å². The van der Waals surface area contributed by atoms with E-state index in [1.165, 1.54) is 40.6 Å². The number of fused-ring (bicyclic) bond motifs is 1. The molecular weight excluding hydrogens is 298 g/mol. The van der Waals surface area contributed by atoms with Crippen molar-refractivity contribution in [3.63, 3.8) is 0 Å². The number of nitrogens with one attached hydrogen (secondary N) is 2. The third-order valence-corrected chi connectivity index (χ3v) is 5.02. The Labute approximate surface area is 132 Å². The quantitative estimate of drug-likeness (QED) is 0.836. The van der Waals surface area contributed by atoms with Crippen LogP contribution < -0.4 is 10.9 Å². The first-order valence-electron chi connectivity index (χ1n) is 7.26. The standard InChI is InChI=1S/C16H17N3O2S/c1-10-2-3-13-12(8-10)9-14(22-13)16(21)19-18-15(20)11-4-6-17-7-5-11/h4-7,9-10H,2-3,8H2,1H3,(H,18,20)(H,19,21)/t10-/m1/s1.